The Morgan fingerprint density at radius 1 is 0.812 bits per heavy atom. The van der Waals surface area contributed by atoms with E-state index in [2.05, 4.69) is 0 Å². The molecule has 0 radical (unpaired) electrons. The zero-order valence-electron chi connectivity index (χ0n) is 8.67. The first-order valence-corrected chi connectivity index (χ1v) is 5.34. The summed E-state index contributed by atoms with van der Waals surface area (Å²) in [7, 11) is 0. The summed E-state index contributed by atoms with van der Waals surface area (Å²) in [6.45, 7) is 0. The largest absolute Gasteiger partial charge is 0.400 e. The maximum atomic E-state index is 12.3. The quantitative estimate of drug-likeness (QED) is 0.621. The molecule has 0 N–H and O–H groups in total. The molecule has 0 saturated heterocycles. The fourth-order valence-corrected chi connectivity index (χ4v) is 2.21. The average molecular weight is 248 g/mol. The third-order valence-electron chi connectivity index (χ3n) is 3.08. The number of alkyl halides is 6. The molecule has 6 heteroatoms. The van der Waals surface area contributed by atoms with Crippen LogP contribution in [0.1, 0.15) is 38.5 Å². The van der Waals surface area contributed by atoms with Gasteiger partial charge < -0.3 is 0 Å². The smallest absolute Gasteiger partial charge is 0.170 e. The molecule has 0 aromatic heterocycles. The van der Waals surface area contributed by atoms with Crippen LogP contribution >= 0.6 is 0 Å². The molecule has 1 saturated carbocycles. The first-order valence-electron chi connectivity index (χ1n) is 5.34. The highest BCUT2D eigenvalue weighted by molar-refractivity contribution is 4.79. The van der Waals surface area contributed by atoms with Gasteiger partial charge in [0.25, 0.3) is 0 Å². The second-order valence-electron chi connectivity index (χ2n) is 4.38. The predicted octanol–water partition coefficient (Wildman–Crippen LogP) is 4.70. The number of hydrogen-bond acceptors (Lipinski definition) is 0. The van der Waals surface area contributed by atoms with Crippen molar-refractivity contribution in [2.24, 2.45) is 11.8 Å². The Morgan fingerprint density at radius 2 is 1.25 bits per heavy atom. The van der Waals surface area contributed by atoms with Crippen LogP contribution in [0.15, 0.2) is 0 Å². The Kier molecular flexibility index (Phi) is 4.12. The molecule has 0 unspecified atom stereocenters. The molecule has 16 heavy (non-hydrogen) atoms. The summed E-state index contributed by atoms with van der Waals surface area (Å²) in [4.78, 5) is 0. The summed E-state index contributed by atoms with van der Waals surface area (Å²) in [5, 5.41) is 0. The summed E-state index contributed by atoms with van der Waals surface area (Å²) in [6, 6.07) is 0. The molecule has 0 aromatic rings. The lowest BCUT2D eigenvalue weighted by atomic mass is 9.82. The molecule has 1 rings (SSSR count). The second kappa shape index (κ2) is 4.84. The molecule has 0 bridgehead atoms. The first-order chi connectivity index (χ1) is 7.21. The van der Waals surface area contributed by atoms with Crippen LogP contribution in [0.3, 0.4) is 0 Å². The van der Waals surface area contributed by atoms with Crippen LogP contribution in [0.4, 0.5) is 26.3 Å². The van der Waals surface area contributed by atoms with Crippen molar-refractivity contribution in [3.63, 3.8) is 0 Å². The van der Waals surface area contributed by atoms with Crippen LogP contribution in [0.25, 0.3) is 0 Å². The highest BCUT2D eigenvalue weighted by atomic mass is 19.4. The minimum Gasteiger partial charge on any atom is -0.170 e. The fourth-order valence-electron chi connectivity index (χ4n) is 2.21. The first kappa shape index (κ1) is 13.6. The third kappa shape index (κ3) is 3.87. The van der Waals surface area contributed by atoms with Gasteiger partial charge in [-0.1, -0.05) is 32.1 Å². The SMILES string of the molecule is FC(F)(F)C(CC1CCCCC1)C(F)(F)F. The molecule has 0 heterocycles. The van der Waals surface area contributed by atoms with Crippen molar-refractivity contribution in [3.05, 3.63) is 0 Å². The van der Waals surface area contributed by atoms with Crippen molar-refractivity contribution in [3.8, 4) is 0 Å². The van der Waals surface area contributed by atoms with E-state index in [1.807, 2.05) is 0 Å². The Labute approximate surface area is 90.0 Å². The van der Waals surface area contributed by atoms with E-state index in [1.165, 1.54) is 0 Å². The van der Waals surface area contributed by atoms with Crippen LogP contribution in [0.5, 0.6) is 0 Å². The topological polar surface area (TPSA) is 0 Å². The standard InChI is InChI=1S/C10H14F6/c11-9(12,13)8(10(14,15)16)6-7-4-2-1-3-5-7/h7-8H,1-6H2. The molecule has 0 atom stereocenters. The van der Waals surface area contributed by atoms with Gasteiger partial charge in [-0.25, -0.2) is 0 Å². The van der Waals surface area contributed by atoms with Crippen molar-refractivity contribution in [2.75, 3.05) is 0 Å². The minimum absolute atomic E-state index is 0.429. The zero-order chi connectivity index (χ0) is 12.4. The van der Waals surface area contributed by atoms with E-state index in [0.717, 1.165) is 19.3 Å². The highest BCUT2D eigenvalue weighted by Gasteiger charge is 2.56. The Balaban J connectivity index is 2.63. The molecule has 1 aliphatic rings. The van der Waals surface area contributed by atoms with Crippen LogP contribution in [-0.2, 0) is 0 Å². The highest BCUT2D eigenvalue weighted by Crippen LogP contribution is 2.44. The van der Waals surface area contributed by atoms with E-state index in [0.29, 0.717) is 12.8 Å². The van der Waals surface area contributed by atoms with Gasteiger partial charge in [0.2, 0.25) is 0 Å². The monoisotopic (exact) mass is 248 g/mol. The van der Waals surface area contributed by atoms with Gasteiger partial charge in [-0.3, -0.25) is 0 Å². The normalized spacial score (nSPS) is 20.4. The van der Waals surface area contributed by atoms with Crippen LogP contribution in [-0.4, -0.2) is 12.4 Å². The summed E-state index contributed by atoms with van der Waals surface area (Å²) < 4.78 is 73.5. The second-order valence-corrected chi connectivity index (χ2v) is 4.38. The summed E-state index contributed by atoms with van der Waals surface area (Å²) in [6.07, 6.45) is -7.76. The van der Waals surface area contributed by atoms with E-state index in [-0.39, 0.29) is 0 Å². The molecule has 96 valence electrons. The van der Waals surface area contributed by atoms with E-state index < -0.39 is 30.6 Å². The van der Waals surface area contributed by atoms with Gasteiger partial charge in [0.15, 0.2) is 5.92 Å². The molecule has 1 aliphatic carbocycles. The van der Waals surface area contributed by atoms with Gasteiger partial charge in [-0.2, -0.15) is 26.3 Å². The van der Waals surface area contributed by atoms with Crippen molar-refractivity contribution >= 4 is 0 Å². The number of halogens is 6. The van der Waals surface area contributed by atoms with Gasteiger partial charge in [-0.05, 0) is 12.3 Å². The lowest BCUT2D eigenvalue weighted by Gasteiger charge is -2.29. The Bertz CT molecular complexity index is 196. The lowest BCUT2D eigenvalue weighted by Crippen LogP contribution is -2.38. The molecule has 0 spiro atoms. The van der Waals surface area contributed by atoms with E-state index in [4.69, 9.17) is 0 Å². The van der Waals surface area contributed by atoms with E-state index in [1.54, 1.807) is 0 Å². The maximum absolute atomic E-state index is 12.3. The van der Waals surface area contributed by atoms with Crippen molar-refractivity contribution < 1.29 is 26.3 Å². The molecule has 0 amide bonds. The maximum Gasteiger partial charge on any atom is 0.400 e. The molecule has 0 aliphatic heterocycles. The number of hydrogen-bond donors (Lipinski definition) is 0. The zero-order valence-corrected chi connectivity index (χ0v) is 8.67. The molecular formula is C10H14F6. The van der Waals surface area contributed by atoms with Gasteiger partial charge >= 0.3 is 12.4 Å². The van der Waals surface area contributed by atoms with Gasteiger partial charge in [0.05, 0.1) is 0 Å². The van der Waals surface area contributed by atoms with Gasteiger partial charge in [0, 0.05) is 0 Å². The van der Waals surface area contributed by atoms with E-state index >= 15 is 0 Å². The van der Waals surface area contributed by atoms with Gasteiger partial charge in [-0.15, -0.1) is 0 Å². The summed E-state index contributed by atoms with van der Waals surface area (Å²) in [5.41, 5.74) is 0. The van der Waals surface area contributed by atoms with Crippen molar-refractivity contribution in [1.82, 2.24) is 0 Å². The molecular weight excluding hydrogens is 234 g/mol. The predicted molar refractivity (Wildman–Crippen MR) is 46.8 cm³/mol. The summed E-state index contributed by atoms with van der Waals surface area (Å²) in [5.74, 6) is -3.58. The number of rotatable bonds is 2. The fraction of sp³-hybridized carbons (Fsp3) is 1.00. The lowest BCUT2D eigenvalue weighted by molar-refractivity contribution is -0.288. The van der Waals surface area contributed by atoms with Crippen LogP contribution in [0, 0.1) is 11.8 Å². The van der Waals surface area contributed by atoms with Crippen LogP contribution in [0.2, 0.25) is 0 Å². The Morgan fingerprint density at radius 3 is 1.62 bits per heavy atom. The van der Waals surface area contributed by atoms with E-state index in [9.17, 15) is 26.3 Å². The van der Waals surface area contributed by atoms with Crippen molar-refractivity contribution in [2.45, 2.75) is 50.9 Å². The van der Waals surface area contributed by atoms with Gasteiger partial charge in [0.1, 0.15) is 0 Å². The molecule has 0 aromatic carbocycles. The Hall–Kier alpha value is -0.420. The third-order valence-corrected chi connectivity index (χ3v) is 3.08. The summed E-state index contributed by atoms with van der Waals surface area (Å²) >= 11 is 0. The van der Waals surface area contributed by atoms with Crippen molar-refractivity contribution in [1.29, 1.82) is 0 Å². The minimum atomic E-state index is -5.17. The molecule has 0 nitrogen and oxygen atoms in total. The average Bonchev–Trinajstić information content (AvgIpc) is 2.12. The van der Waals surface area contributed by atoms with Crippen LogP contribution < -0.4 is 0 Å². The molecule has 1 fully saturated rings.